The van der Waals surface area contributed by atoms with Gasteiger partial charge in [0, 0.05) is 17.6 Å². The fraction of sp³-hybridized carbons (Fsp3) is 0.269. The second-order valence-corrected chi connectivity index (χ2v) is 9.16. The van der Waals surface area contributed by atoms with Gasteiger partial charge in [-0.25, -0.2) is 4.68 Å². The molecule has 178 valence electrons. The van der Waals surface area contributed by atoms with Gasteiger partial charge < -0.3 is 9.32 Å². The Kier molecular flexibility index (Phi) is 6.76. The summed E-state index contributed by atoms with van der Waals surface area (Å²) in [5.74, 6) is 0.434. The van der Waals surface area contributed by atoms with Crippen LogP contribution in [0.2, 0.25) is 0 Å². The maximum atomic E-state index is 13.1. The second kappa shape index (κ2) is 10.3. The number of fused-ring (bicyclic) bond motifs is 1. The summed E-state index contributed by atoms with van der Waals surface area (Å²) < 4.78 is 7.31. The fourth-order valence-electron chi connectivity index (χ4n) is 4.26. The van der Waals surface area contributed by atoms with E-state index in [0.29, 0.717) is 29.6 Å². The monoisotopic (exact) mass is 487 g/mol. The van der Waals surface area contributed by atoms with Gasteiger partial charge in [-0.05, 0) is 37.8 Å². The molecule has 0 saturated heterocycles. The van der Waals surface area contributed by atoms with E-state index in [1.165, 1.54) is 16.4 Å². The SMILES string of the molecule is CCN(C(=O)CSc1nnc(-c2nn(Cc3ccccc3)c(=O)c3ccccc23)o1)C1=CCCC1. The van der Waals surface area contributed by atoms with Crippen molar-refractivity contribution in [1.29, 1.82) is 0 Å². The molecule has 0 aliphatic heterocycles. The molecule has 0 atom stereocenters. The van der Waals surface area contributed by atoms with Crippen molar-refractivity contribution in [2.24, 2.45) is 0 Å². The van der Waals surface area contributed by atoms with Gasteiger partial charge in [0.25, 0.3) is 16.7 Å². The Morgan fingerprint density at radius 3 is 2.60 bits per heavy atom. The Labute approximate surface area is 206 Å². The molecule has 2 aromatic carbocycles. The van der Waals surface area contributed by atoms with Gasteiger partial charge in [0.05, 0.1) is 17.7 Å². The van der Waals surface area contributed by atoms with E-state index < -0.39 is 0 Å². The van der Waals surface area contributed by atoms with E-state index in [1.54, 1.807) is 6.07 Å². The highest BCUT2D eigenvalue weighted by Gasteiger charge is 2.21. The summed E-state index contributed by atoms with van der Waals surface area (Å²) in [4.78, 5) is 27.7. The highest BCUT2D eigenvalue weighted by atomic mass is 32.2. The van der Waals surface area contributed by atoms with Crippen molar-refractivity contribution in [1.82, 2.24) is 24.9 Å². The van der Waals surface area contributed by atoms with E-state index in [0.717, 1.165) is 30.5 Å². The molecule has 0 spiro atoms. The van der Waals surface area contributed by atoms with Gasteiger partial charge in [0.2, 0.25) is 5.91 Å². The predicted octanol–water partition coefficient (Wildman–Crippen LogP) is 4.50. The van der Waals surface area contributed by atoms with E-state index in [4.69, 9.17) is 4.42 Å². The molecular formula is C26H25N5O3S. The highest BCUT2D eigenvalue weighted by Crippen LogP contribution is 2.28. The highest BCUT2D eigenvalue weighted by molar-refractivity contribution is 7.99. The Hall–Kier alpha value is -3.72. The van der Waals surface area contributed by atoms with Crippen LogP contribution in [-0.4, -0.2) is 43.1 Å². The summed E-state index contributed by atoms with van der Waals surface area (Å²) in [7, 11) is 0. The Morgan fingerprint density at radius 2 is 1.86 bits per heavy atom. The largest absolute Gasteiger partial charge is 0.409 e. The van der Waals surface area contributed by atoms with Crippen molar-refractivity contribution in [2.45, 2.75) is 38.0 Å². The molecule has 5 rings (SSSR count). The maximum absolute atomic E-state index is 13.1. The molecule has 35 heavy (non-hydrogen) atoms. The maximum Gasteiger partial charge on any atom is 0.277 e. The van der Waals surface area contributed by atoms with Crippen LogP contribution in [-0.2, 0) is 11.3 Å². The predicted molar refractivity (Wildman–Crippen MR) is 135 cm³/mol. The lowest BCUT2D eigenvalue weighted by atomic mass is 10.1. The Balaban J connectivity index is 1.41. The molecule has 0 fully saturated rings. The van der Waals surface area contributed by atoms with Crippen molar-refractivity contribution in [3.05, 3.63) is 82.3 Å². The molecule has 1 aliphatic rings. The quantitative estimate of drug-likeness (QED) is 0.338. The molecule has 0 bridgehead atoms. The molecule has 9 heteroatoms. The van der Waals surface area contributed by atoms with E-state index in [9.17, 15) is 9.59 Å². The number of rotatable bonds is 8. The van der Waals surface area contributed by atoms with Crippen molar-refractivity contribution in [3.63, 3.8) is 0 Å². The lowest BCUT2D eigenvalue weighted by Crippen LogP contribution is -2.31. The fourth-order valence-corrected chi connectivity index (χ4v) is 4.90. The first-order chi connectivity index (χ1) is 17.1. The normalized spacial score (nSPS) is 13.2. The zero-order chi connectivity index (χ0) is 24.2. The van der Waals surface area contributed by atoms with Gasteiger partial charge in [-0.3, -0.25) is 9.59 Å². The van der Waals surface area contributed by atoms with Gasteiger partial charge in [0.15, 0.2) is 5.69 Å². The molecule has 4 aromatic rings. The van der Waals surface area contributed by atoms with Crippen LogP contribution in [0, 0.1) is 0 Å². The number of allylic oxidation sites excluding steroid dienone is 2. The molecule has 2 aromatic heterocycles. The zero-order valence-electron chi connectivity index (χ0n) is 19.4. The third-order valence-electron chi connectivity index (χ3n) is 5.95. The first kappa shape index (κ1) is 23.0. The van der Waals surface area contributed by atoms with Crippen LogP contribution in [0.25, 0.3) is 22.4 Å². The number of amides is 1. The molecule has 1 amide bonds. The molecule has 1 aliphatic carbocycles. The standard InChI is InChI=1S/C26H25N5O3S/c1-2-30(19-12-6-7-13-19)22(32)17-35-26-28-27-24(34-26)23-20-14-8-9-15-21(20)25(33)31(29-23)16-18-10-4-3-5-11-18/h3-5,8-12,14-15H,2,6-7,13,16-17H2,1H3. The molecular weight excluding hydrogens is 462 g/mol. The summed E-state index contributed by atoms with van der Waals surface area (Å²) >= 11 is 1.21. The molecule has 8 nitrogen and oxygen atoms in total. The van der Waals surface area contributed by atoms with E-state index in [1.807, 2.05) is 60.4 Å². The van der Waals surface area contributed by atoms with Crippen LogP contribution in [0.1, 0.15) is 31.7 Å². The minimum atomic E-state index is -0.186. The molecule has 2 heterocycles. The number of hydrogen-bond acceptors (Lipinski definition) is 7. The minimum Gasteiger partial charge on any atom is -0.409 e. The first-order valence-electron chi connectivity index (χ1n) is 11.6. The zero-order valence-corrected chi connectivity index (χ0v) is 20.2. The number of nitrogens with zero attached hydrogens (tertiary/aromatic N) is 5. The molecule has 0 N–H and O–H groups in total. The van der Waals surface area contributed by atoms with E-state index in [-0.39, 0.29) is 28.3 Å². The van der Waals surface area contributed by atoms with Gasteiger partial charge in [-0.15, -0.1) is 10.2 Å². The number of carbonyl (C=O) groups is 1. The van der Waals surface area contributed by atoms with Crippen molar-refractivity contribution in [3.8, 4) is 11.6 Å². The number of thioether (sulfide) groups is 1. The molecule has 0 saturated carbocycles. The first-order valence-corrected chi connectivity index (χ1v) is 12.6. The number of aromatic nitrogens is 4. The summed E-state index contributed by atoms with van der Waals surface area (Å²) in [5.41, 5.74) is 2.31. The van der Waals surface area contributed by atoms with Crippen LogP contribution in [0.4, 0.5) is 0 Å². The lowest BCUT2D eigenvalue weighted by molar-refractivity contribution is -0.126. The third-order valence-corrected chi connectivity index (χ3v) is 6.76. The number of carbonyl (C=O) groups excluding carboxylic acids is 1. The van der Waals surface area contributed by atoms with Gasteiger partial charge in [-0.1, -0.05) is 66.4 Å². The Morgan fingerprint density at radius 1 is 1.09 bits per heavy atom. The average Bonchev–Trinajstić information content (AvgIpc) is 3.59. The number of hydrogen-bond donors (Lipinski definition) is 0. The van der Waals surface area contributed by atoms with Crippen LogP contribution in [0.3, 0.4) is 0 Å². The number of benzene rings is 2. The van der Waals surface area contributed by atoms with Crippen molar-refractivity contribution >= 4 is 28.4 Å². The van der Waals surface area contributed by atoms with Crippen LogP contribution >= 0.6 is 11.8 Å². The van der Waals surface area contributed by atoms with Crippen LogP contribution < -0.4 is 5.56 Å². The van der Waals surface area contributed by atoms with Gasteiger partial charge >= 0.3 is 0 Å². The second-order valence-electron chi connectivity index (χ2n) is 8.23. The molecule has 0 radical (unpaired) electrons. The lowest BCUT2D eigenvalue weighted by Gasteiger charge is -2.21. The smallest absolute Gasteiger partial charge is 0.277 e. The average molecular weight is 488 g/mol. The summed E-state index contributed by atoms with van der Waals surface area (Å²) in [6.07, 6.45) is 5.18. The Bertz CT molecular complexity index is 1440. The molecule has 0 unspecified atom stereocenters. The summed E-state index contributed by atoms with van der Waals surface area (Å²) in [5, 5.41) is 14.3. The topological polar surface area (TPSA) is 94.1 Å². The summed E-state index contributed by atoms with van der Waals surface area (Å²) in [6, 6.07) is 16.9. The van der Waals surface area contributed by atoms with Gasteiger partial charge in [0.1, 0.15) is 0 Å². The summed E-state index contributed by atoms with van der Waals surface area (Å²) in [6.45, 7) is 2.94. The van der Waals surface area contributed by atoms with Crippen LogP contribution in [0.5, 0.6) is 0 Å². The van der Waals surface area contributed by atoms with E-state index >= 15 is 0 Å². The third kappa shape index (κ3) is 4.90. The van der Waals surface area contributed by atoms with E-state index in [2.05, 4.69) is 21.4 Å². The van der Waals surface area contributed by atoms with Crippen LogP contribution in [0.15, 0.2) is 80.8 Å². The van der Waals surface area contributed by atoms with Gasteiger partial charge in [-0.2, -0.15) is 5.10 Å². The van der Waals surface area contributed by atoms with Crippen molar-refractivity contribution in [2.75, 3.05) is 12.3 Å². The van der Waals surface area contributed by atoms with Crippen molar-refractivity contribution < 1.29 is 9.21 Å². The minimum absolute atomic E-state index is 0.0189.